The summed E-state index contributed by atoms with van der Waals surface area (Å²) in [6, 6.07) is 0. The molecule has 0 amide bonds. The van der Waals surface area contributed by atoms with Gasteiger partial charge in [0.15, 0.2) is 5.03 Å². The van der Waals surface area contributed by atoms with Gasteiger partial charge in [-0.1, -0.05) is 12.2 Å². The first-order valence-electron chi connectivity index (χ1n) is 4.63. The average molecular weight is 245 g/mol. The molecule has 0 atom stereocenters. The lowest BCUT2D eigenvalue weighted by Gasteiger charge is -2.16. The molecule has 1 aromatic heterocycles. The Hall–Kier alpha value is -1.18. The Morgan fingerprint density at radius 3 is 2.81 bits per heavy atom. The van der Waals surface area contributed by atoms with Crippen molar-refractivity contribution in [3.05, 3.63) is 23.9 Å². The highest BCUT2D eigenvalue weighted by Gasteiger charge is 2.25. The van der Waals surface area contributed by atoms with E-state index < -0.39 is 10.0 Å². The molecule has 0 aliphatic rings. The van der Waals surface area contributed by atoms with Crippen molar-refractivity contribution in [3.8, 4) is 0 Å². The fourth-order valence-electron chi connectivity index (χ4n) is 1.26. The van der Waals surface area contributed by atoms with Crippen molar-refractivity contribution in [3.63, 3.8) is 0 Å². The minimum atomic E-state index is -3.64. The molecule has 16 heavy (non-hydrogen) atoms. The zero-order valence-electron chi connectivity index (χ0n) is 9.27. The second-order valence-electron chi connectivity index (χ2n) is 3.60. The molecule has 0 aliphatic heterocycles. The minimum Gasteiger partial charge on any atom is -0.392 e. The van der Waals surface area contributed by atoms with Crippen molar-refractivity contribution in [2.24, 2.45) is 0 Å². The summed E-state index contributed by atoms with van der Waals surface area (Å²) in [7, 11) is -2.19. The fraction of sp³-hybridized carbons (Fsp3) is 0.444. The maximum atomic E-state index is 12.0. The third-order valence-electron chi connectivity index (χ3n) is 2.01. The SMILES string of the molecule is C=C(C)CN(C)S(=O)(=O)c1[nH]ncc1CO. The zero-order valence-corrected chi connectivity index (χ0v) is 10.1. The van der Waals surface area contributed by atoms with Crippen LogP contribution >= 0.6 is 0 Å². The van der Waals surface area contributed by atoms with Gasteiger partial charge in [-0.05, 0) is 6.92 Å². The smallest absolute Gasteiger partial charge is 0.260 e. The van der Waals surface area contributed by atoms with Crippen molar-refractivity contribution in [2.45, 2.75) is 18.6 Å². The number of H-pyrrole nitrogens is 1. The van der Waals surface area contributed by atoms with Crippen LogP contribution in [0.15, 0.2) is 23.4 Å². The molecule has 7 heteroatoms. The summed E-state index contributed by atoms with van der Waals surface area (Å²) in [6.07, 6.45) is 1.29. The predicted molar refractivity (Wildman–Crippen MR) is 59.1 cm³/mol. The Morgan fingerprint density at radius 2 is 2.31 bits per heavy atom. The Kier molecular flexibility index (Phi) is 3.84. The van der Waals surface area contributed by atoms with Crippen LogP contribution in [0.4, 0.5) is 0 Å². The summed E-state index contributed by atoms with van der Waals surface area (Å²) >= 11 is 0. The first-order chi connectivity index (χ1) is 7.39. The topological polar surface area (TPSA) is 86.3 Å². The number of likely N-dealkylation sites (N-methyl/N-ethyl adjacent to an activating group) is 1. The van der Waals surface area contributed by atoms with Crippen molar-refractivity contribution < 1.29 is 13.5 Å². The van der Waals surface area contributed by atoms with Gasteiger partial charge in [0.2, 0.25) is 0 Å². The number of aliphatic hydroxyl groups is 1. The van der Waals surface area contributed by atoms with Gasteiger partial charge in [-0.3, -0.25) is 5.10 Å². The molecule has 0 unspecified atom stereocenters. The Balaban J connectivity index is 3.07. The molecule has 0 aromatic carbocycles. The molecule has 0 saturated heterocycles. The van der Waals surface area contributed by atoms with Crippen LogP contribution in [0.25, 0.3) is 0 Å². The lowest BCUT2D eigenvalue weighted by atomic mass is 10.4. The summed E-state index contributed by atoms with van der Waals surface area (Å²) < 4.78 is 25.2. The molecule has 0 bridgehead atoms. The lowest BCUT2D eigenvalue weighted by Crippen LogP contribution is -2.29. The molecule has 1 heterocycles. The van der Waals surface area contributed by atoms with Gasteiger partial charge in [0.05, 0.1) is 12.8 Å². The van der Waals surface area contributed by atoms with E-state index in [1.54, 1.807) is 6.92 Å². The second-order valence-corrected chi connectivity index (χ2v) is 5.58. The molecule has 6 nitrogen and oxygen atoms in total. The molecule has 0 spiro atoms. The zero-order chi connectivity index (χ0) is 12.3. The van der Waals surface area contributed by atoms with Crippen molar-refractivity contribution in [2.75, 3.05) is 13.6 Å². The van der Waals surface area contributed by atoms with Gasteiger partial charge in [0, 0.05) is 19.2 Å². The number of hydrogen-bond acceptors (Lipinski definition) is 4. The minimum absolute atomic E-state index is 0.0706. The summed E-state index contributed by atoms with van der Waals surface area (Å²) in [6.45, 7) is 5.25. The number of aromatic nitrogens is 2. The molecule has 0 fully saturated rings. The monoisotopic (exact) mass is 245 g/mol. The maximum absolute atomic E-state index is 12.0. The number of rotatable bonds is 5. The van der Waals surface area contributed by atoms with Gasteiger partial charge in [-0.25, -0.2) is 8.42 Å². The Bertz CT molecular complexity index is 478. The molecule has 0 saturated carbocycles. The number of sulfonamides is 1. The van der Waals surface area contributed by atoms with E-state index in [0.29, 0.717) is 0 Å². The number of nitrogens with one attached hydrogen (secondary N) is 1. The van der Waals surface area contributed by atoms with Crippen LogP contribution in [-0.4, -0.2) is 41.6 Å². The highest BCUT2D eigenvalue weighted by Crippen LogP contribution is 2.16. The van der Waals surface area contributed by atoms with Crippen molar-refractivity contribution in [1.82, 2.24) is 14.5 Å². The lowest BCUT2D eigenvalue weighted by molar-refractivity contribution is 0.278. The molecular weight excluding hydrogens is 230 g/mol. The standard InChI is InChI=1S/C9H15N3O3S/c1-7(2)5-12(3)16(14,15)9-8(6-13)4-10-11-9/h4,13H,1,5-6H2,2-3H3,(H,10,11). The van der Waals surface area contributed by atoms with Gasteiger partial charge in [0.25, 0.3) is 10.0 Å². The average Bonchev–Trinajstić information content (AvgIpc) is 2.64. The summed E-state index contributed by atoms with van der Waals surface area (Å²) in [5, 5.41) is 14.9. The molecule has 2 N–H and O–H groups in total. The van der Waals surface area contributed by atoms with Crippen molar-refractivity contribution >= 4 is 10.0 Å². The van der Waals surface area contributed by atoms with E-state index in [9.17, 15) is 8.42 Å². The molecule has 90 valence electrons. The fourth-order valence-corrected chi connectivity index (χ4v) is 2.57. The van der Waals surface area contributed by atoms with Crippen LogP contribution < -0.4 is 0 Å². The van der Waals surface area contributed by atoms with Gasteiger partial charge in [0.1, 0.15) is 0 Å². The van der Waals surface area contributed by atoms with Crippen molar-refractivity contribution in [1.29, 1.82) is 0 Å². The van der Waals surface area contributed by atoms with E-state index >= 15 is 0 Å². The van der Waals surface area contributed by atoms with E-state index in [1.165, 1.54) is 13.2 Å². The second kappa shape index (κ2) is 4.77. The van der Waals surface area contributed by atoms with Crippen LogP contribution in [0, 0.1) is 0 Å². The van der Waals surface area contributed by atoms with E-state index in [2.05, 4.69) is 16.8 Å². The predicted octanol–water partition coefficient (Wildman–Crippen LogP) is 0.0986. The molecule has 1 aromatic rings. The van der Waals surface area contributed by atoms with E-state index in [-0.39, 0.29) is 23.7 Å². The summed E-state index contributed by atoms with van der Waals surface area (Å²) in [4.78, 5) is 0. The van der Waals surface area contributed by atoms with Crippen LogP contribution in [-0.2, 0) is 16.6 Å². The summed E-state index contributed by atoms with van der Waals surface area (Å²) in [5.41, 5.74) is 0.990. The van der Waals surface area contributed by atoms with Crippen LogP contribution in [0.1, 0.15) is 12.5 Å². The number of nitrogens with zero attached hydrogens (tertiary/aromatic N) is 2. The van der Waals surface area contributed by atoms with E-state index in [4.69, 9.17) is 5.11 Å². The molecule has 0 radical (unpaired) electrons. The quantitative estimate of drug-likeness (QED) is 0.720. The highest BCUT2D eigenvalue weighted by molar-refractivity contribution is 7.89. The van der Waals surface area contributed by atoms with Crippen LogP contribution in [0.5, 0.6) is 0 Å². The first-order valence-corrected chi connectivity index (χ1v) is 6.07. The maximum Gasteiger partial charge on any atom is 0.260 e. The van der Waals surface area contributed by atoms with E-state index in [1.807, 2.05) is 0 Å². The van der Waals surface area contributed by atoms with Crippen LogP contribution in [0.2, 0.25) is 0 Å². The first kappa shape index (κ1) is 12.9. The number of aromatic amines is 1. The Morgan fingerprint density at radius 1 is 1.69 bits per heavy atom. The van der Waals surface area contributed by atoms with Gasteiger partial charge in [-0.15, -0.1) is 0 Å². The molecule has 0 aliphatic carbocycles. The normalized spacial score (nSPS) is 12.0. The number of aliphatic hydroxyl groups excluding tert-OH is 1. The summed E-state index contributed by atoms with van der Waals surface area (Å²) in [5.74, 6) is 0. The van der Waals surface area contributed by atoms with Crippen LogP contribution in [0.3, 0.4) is 0 Å². The third-order valence-corrected chi connectivity index (χ3v) is 3.83. The molecular formula is C9H15N3O3S. The van der Waals surface area contributed by atoms with E-state index in [0.717, 1.165) is 9.88 Å². The number of hydrogen-bond donors (Lipinski definition) is 2. The van der Waals surface area contributed by atoms with Gasteiger partial charge < -0.3 is 5.11 Å². The van der Waals surface area contributed by atoms with Gasteiger partial charge >= 0.3 is 0 Å². The molecule has 1 rings (SSSR count). The largest absolute Gasteiger partial charge is 0.392 e. The third kappa shape index (κ3) is 2.49. The van der Waals surface area contributed by atoms with Gasteiger partial charge in [-0.2, -0.15) is 9.40 Å². The Labute approximate surface area is 94.6 Å². The highest BCUT2D eigenvalue weighted by atomic mass is 32.2.